The Labute approximate surface area is 107 Å². The van der Waals surface area contributed by atoms with Crippen LogP contribution in [-0.2, 0) is 9.63 Å². The van der Waals surface area contributed by atoms with E-state index in [9.17, 15) is 4.79 Å². The maximum Gasteiger partial charge on any atom is 0.249 e. The predicted molar refractivity (Wildman–Crippen MR) is 68.2 cm³/mol. The summed E-state index contributed by atoms with van der Waals surface area (Å²) in [6, 6.07) is 7.80. The number of carbonyl (C=O) groups is 1. The van der Waals surface area contributed by atoms with Gasteiger partial charge in [0.1, 0.15) is 5.75 Å². The molecule has 1 fully saturated rings. The number of benzene rings is 1. The second kappa shape index (κ2) is 6.40. The quantitative estimate of drug-likeness (QED) is 0.822. The van der Waals surface area contributed by atoms with Crippen LogP contribution >= 0.6 is 0 Å². The molecule has 0 bridgehead atoms. The molecule has 0 N–H and O–H groups in total. The fraction of sp³-hybridized carbons (Fsp3) is 0.500. The summed E-state index contributed by atoms with van der Waals surface area (Å²) in [5, 5.41) is 1.46. The lowest BCUT2D eigenvalue weighted by Crippen LogP contribution is -2.36. The van der Waals surface area contributed by atoms with E-state index in [1.165, 1.54) is 5.06 Å². The van der Waals surface area contributed by atoms with E-state index in [0.717, 1.165) is 24.2 Å². The maximum atomic E-state index is 11.8. The number of amides is 1. The number of hydroxylamine groups is 2. The predicted octanol–water partition coefficient (Wildman–Crippen LogP) is 2.32. The standard InChI is InChI=1S/C14H19NO3/c1-12-6-2-3-7-13(12)17-11-8-14(16)15-9-4-5-10-18-15/h2-3,6-7H,4-5,8-11H2,1H3. The summed E-state index contributed by atoms with van der Waals surface area (Å²) < 4.78 is 5.60. The van der Waals surface area contributed by atoms with Crippen molar-refractivity contribution in [2.24, 2.45) is 0 Å². The van der Waals surface area contributed by atoms with Crippen molar-refractivity contribution in [3.8, 4) is 5.75 Å². The molecule has 0 radical (unpaired) electrons. The fourth-order valence-corrected chi connectivity index (χ4v) is 1.88. The van der Waals surface area contributed by atoms with Gasteiger partial charge in [-0.2, -0.15) is 0 Å². The van der Waals surface area contributed by atoms with Gasteiger partial charge >= 0.3 is 0 Å². The molecule has 1 aliphatic heterocycles. The van der Waals surface area contributed by atoms with Crippen LogP contribution in [0.25, 0.3) is 0 Å². The van der Waals surface area contributed by atoms with E-state index in [1.54, 1.807) is 0 Å². The molecule has 0 unspecified atom stereocenters. The normalized spacial score (nSPS) is 15.5. The average molecular weight is 249 g/mol. The van der Waals surface area contributed by atoms with Crippen LogP contribution in [0.1, 0.15) is 24.8 Å². The van der Waals surface area contributed by atoms with Crippen molar-refractivity contribution in [2.45, 2.75) is 26.2 Å². The Balaban J connectivity index is 1.75. The molecule has 4 nitrogen and oxygen atoms in total. The molecule has 0 spiro atoms. The van der Waals surface area contributed by atoms with E-state index < -0.39 is 0 Å². The third kappa shape index (κ3) is 3.47. The van der Waals surface area contributed by atoms with Gasteiger partial charge in [0.15, 0.2) is 0 Å². The lowest BCUT2D eigenvalue weighted by molar-refractivity contribution is -0.197. The zero-order valence-corrected chi connectivity index (χ0v) is 10.7. The Hall–Kier alpha value is -1.55. The summed E-state index contributed by atoms with van der Waals surface area (Å²) in [6.07, 6.45) is 2.40. The Morgan fingerprint density at radius 3 is 2.94 bits per heavy atom. The third-order valence-electron chi connectivity index (χ3n) is 2.95. The first-order valence-corrected chi connectivity index (χ1v) is 6.39. The van der Waals surface area contributed by atoms with Gasteiger partial charge < -0.3 is 4.74 Å². The van der Waals surface area contributed by atoms with Crippen molar-refractivity contribution in [1.82, 2.24) is 5.06 Å². The lowest BCUT2D eigenvalue weighted by atomic mass is 10.2. The topological polar surface area (TPSA) is 38.8 Å². The van der Waals surface area contributed by atoms with E-state index in [2.05, 4.69) is 0 Å². The van der Waals surface area contributed by atoms with E-state index in [4.69, 9.17) is 9.57 Å². The molecule has 1 heterocycles. The van der Waals surface area contributed by atoms with Crippen LogP contribution in [0.4, 0.5) is 0 Å². The van der Waals surface area contributed by atoms with Crippen LogP contribution < -0.4 is 4.74 Å². The van der Waals surface area contributed by atoms with Crippen molar-refractivity contribution in [3.05, 3.63) is 29.8 Å². The van der Waals surface area contributed by atoms with Gasteiger partial charge in [-0.05, 0) is 31.4 Å². The van der Waals surface area contributed by atoms with Crippen LogP contribution in [0, 0.1) is 6.92 Å². The van der Waals surface area contributed by atoms with E-state index >= 15 is 0 Å². The minimum Gasteiger partial charge on any atom is -0.493 e. The van der Waals surface area contributed by atoms with Crippen molar-refractivity contribution >= 4 is 5.91 Å². The molecular weight excluding hydrogens is 230 g/mol. The smallest absolute Gasteiger partial charge is 0.249 e. The molecule has 0 atom stereocenters. The summed E-state index contributed by atoms with van der Waals surface area (Å²) in [4.78, 5) is 17.1. The zero-order valence-electron chi connectivity index (χ0n) is 10.7. The monoisotopic (exact) mass is 249 g/mol. The highest BCUT2D eigenvalue weighted by Crippen LogP contribution is 2.16. The van der Waals surface area contributed by atoms with Gasteiger partial charge in [0.2, 0.25) is 5.91 Å². The van der Waals surface area contributed by atoms with E-state index in [0.29, 0.717) is 26.2 Å². The number of rotatable bonds is 4. The minimum absolute atomic E-state index is 0.00304. The van der Waals surface area contributed by atoms with Crippen LogP contribution in [0.15, 0.2) is 24.3 Å². The highest BCUT2D eigenvalue weighted by Gasteiger charge is 2.17. The first-order valence-electron chi connectivity index (χ1n) is 6.39. The zero-order chi connectivity index (χ0) is 12.8. The molecule has 1 aromatic rings. The van der Waals surface area contributed by atoms with Gasteiger partial charge in [0, 0.05) is 6.54 Å². The molecule has 0 aromatic heterocycles. The third-order valence-corrected chi connectivity index (χ3v) is 2.95. The molecule has 4 heteroatoms. The average Bonchev–Trinajstić information content (AvgIpc) is 2.42. The van der Waals surface area contributed by atoms with Gasteiger partial charge in [0.25, 0.3) is 0 Å². The van der Waals surface area contributed by atoms with Crippen LogP contribution in [0.5, 0.6) is 5.75 Å². The van der Waals surface area contributed by atoms with Crippen molar-refractivity contribution < 1.29 is 14.4 Å². The molecule has 98 valence electrons. The summed E-state index contributed by atoms with van der Waals surface area (Å²) in [6.45, 7) is 3.72. The summed E-state index contributed by atoms with van der Waals surface area (Å²) in [7, 11) is 0. The number of hydrogen-bond acceptors (Lipinski definition) is 3. The number of nitrogens with zero attached hydrogens (tertiary/aromatic N) is 1. The Bertz CT molecular complexity index is 400. The molecule has 0 saturated carbocycles. The fourth-order valence-electron chi connectivity index (χ4n) is 1.88. The molecular formula is C14H19NO3. The first-order chi connectivity index (χ1) is 8.77. The van der Waals surface area contributed by atoms with Gasteiger partial charge in [0.05, 0.1) is 19.6 Å². The lowest BCUT2D eigenvalue weighted by Gasteiger charge is -2.25. The Kier molecular flexibility index (Phi) is 4.59. The van der Waals surface area contributed by atoms with E-state index in [-0.39, 0.29) is 5.91 Å². The van der Waals surface area contributed by atoms with Gasteiger partial charge in [-0.25, -0.2) is 5.06 Å². The van der Waals surface area contributed by atoms with Gasteiger partial charge in [-0.15, -0.1) is 0 Å². The molecule has 0 aliphatic carbocycles. The summed E-state index contributed by atoms with van der Waals surface area (Å²) >= 11 is 0. The molecule has 1 aromatic carbocycles. The number of para-hydroxylation sites is 1. The second-order valence-electron chi connectivity index (χ2n) is 4.40. The minimum atomic E-state index is 0.00304. The van der Waals surface area contributed by atoms with Crippen molar-refractivity contribution in [3.63, 3.8) is 0 Å². The summed E-state index contributed by atoms with van der Waals surface area (Å²) in [5.41, 5.74) is 1.08. The Morgan fingerprint density at radius 2 is 2.22 bits per heavy atom. The molecule has 18 heavy (non-hydrogen) atoms. The Morgan fingerprint density at radius 1 is 1.39 bits per heavy atom. The van der Waals surface area contributed by atoms with Crippen LogP contribution in [0.3, 0.4) is 0 Å². The SMILES string of the molecule is Cc1ccccc1OCCC(=O)N1CCCCO1. The molecule has 1 saturated heterocycles. The number of carbonyl (C=O) groups excluding carboxylic acids is 1. The summed E-state index contributed by atoms with van der Waals surface area (Å²) in [5.74, 6) is 0.841. The number of hydrogen-bond donors (Lipinski definition) is 0. The largest absolute Gasteiger partial charge is 0.493 e. The number of aryl methyl sites for hydroxylation is 1. The molecule has 2 rings (SSSR count). The highest BCUT2D eigenvalue weighted by atomic mass is 16.7. The second-order valence-corrected chi connectivity index (χ2v) is 4.40. The number of ether oxygens (including phenoxy) is 1. The van der Waals surface area contributed by atoms with Gasteiger partial charge in [-0.1, -0.05) is 18.2 Å². The van der Waals surface area contributed by atoms with Crippen LogP contribution in [0.2, 0.25) is 0 Å². The highest BCUT2D eigenvalue weighted by molar-refractivity contribution is 5.75. The maximum absolute atomic E-state index is 11.8. The van der Waals surface area contributed by atoms with Crippen molar-refractivity contribution in [1.29, 1.82) is 0 Å². The van der Waals surface area contributed by atoms with E-state index in [1.807, 2.05) is 31.2 Å². The van der Waals surface area contributed by atoms with Crippen molar-refractivity contribution in [2.75, 3.05) is 19.8 Å². The van der Waals surface area contributed by atoms with Crippen LogP contribution in [-0.4, -0.2) is 30.7 Å². The molecule has 1 amide bonds. The molecule has 1 aliphatic rings. The first kappa shape index (κ1) is 12.9. The van der Waals surface area contributed by atoms with Gasteiger partial charge in [-0.3, -0.25) is 9.63 Å².